The van der Waals surface area contributed by atoms with E-state index in [-0.39, 0.29) is 0 Å². The predicted octanol–water partition coefficient (Wildman–Crippen LogP) is 3.15. The summed E-state index contributed by atoms with van der Waals surface area (Å²) in [5.41, 5.74) is 0. The Labute approximate surface area is 154 Å². The van der Waals surface area contributed by atoms with Gasteiger partial charge in [-0.05, 0) is 81.2 Å². The van der Waals surface area contributed by atoms with Gasteiger partial charge in [-0.3, -0.25) is 0 Å². The van der Waals surface area contributed by atoms with Gasteiger partial charge < -0.3 is 24.2 Å². The van der Waals surface area contributed by atoms with E-state index in [9.17, 15) is 0 Å². The van der Waals surface area contributed by atoms with Crippen LogP contribution in [0.3, 0.4) is 0 Å². The summed E-state index contributed by atoms with van der Waals surface area (Å²) in [5, 5.41) is 0. The van der Waals surface area contributed by atoms with E-state index in [0.717, 1.165) is 19.7 Å². The van der Waals surface area contributed by atoms with Gasteiger partial charge in [-0.2, -0.15) is 0 Å². The normalized spacial score (nSPS) is 13.4. The summed E-state index contributed by atoms with van der Waals surface area (Å²) in [4.78, 5) is 6.64. The lowest BCUT2D eigenvalue weighted by molar-refractivity contribution is 0.215. The van der Waals surface area contributed by atoms with Crippen molar-refractivity contribution in [2.24, 2.45) is 0 Å². The van der Waals surface area contributed by atoms with Gasteiger partial charge in [0.05, 0.1) is 0 Å². The van der Waals surface area contributed by atoms with E-state index in [1.165, 1.54) is 32.4 Å². The molecule has 1 saturated heterocycles. The van der Waals surface area contributed by atoms with Gasteiger partial charge in [0.1, 0.15) is 0 Å². The highest BCUT2D eigenvalue weighted by atomic mass is 16.5. The highest BCUT2D eigenvalue weighted by molar-refractivity contribution is 4.58. The van der Waals surface area contributed by atoms with E-state index >= 15 is 0 Å². The van der Waals surface area contributed by atoms with E-state index in [1.807, 2.05) is 33.0 Å². The van der Waals surface area contributed by atoms with Crippen LogP contribution in [0, 0.1) is 0 Å². The molecule has 0 amide bonds. The van der Waals surface area contributed by atoms with Crippen LogP contribution in [0.2, 0.25) is 0 Å². The molecule has 0 N–H and O–H groups in total. The van der Waals surface area contributed by atoms with Crippen LogP contribution in [0.1, 0.15) is 40.0 Å². The molecule has 0 aliphatic carbocycles. The minimum absolute atomic E-state index is 0.819. The van der Waals surface area contributed by atoms with Gasteiger partial charge in [0.2, 0.25) is 0 Å². The largest absolute Gasteiger partial charge is 0.388 e. The van der Waals surface area contributed by atoms with Crippen LogP contribution < -0.4 is 0 Å². The first-order chi connectivity index (χ1) is 11.3. The monoisotopic (exact) mass is 351 g/mol. The summed E-state index contributed by atoms with van der Waals surface area (Å²) in [6.45, 7) is 12.1. The summed E-state index contributed by atoms with van der Waals surface area (Å²) < 4.78 is 8.79. The van der Waals surface area contributed by atoms with Crippen LogP contribution in [0.4, 0.5) is 0 Å². The molecule has 0 aromatic carbocycles. The SMILES string of the molecule is CCN(C)CC.CCOC.CN(C)C.CN1CCCCC1.COC. The van der Waals surface area contributed by atoms with Gasteiger partial charge in [-0.15, -0.1) is 0 Å². The first kappa shape index (κ1) is 31.6. The third kappa shape index (κ3) is 57.6. The first-order valence-corrected chi connectivity index (χ1v) is 9.14. The maximum absolute atomic E-state index is 4.54. The molecular formula is C19H49N3O2. The van der Waals surface area contributed by atoms with Crippen LogP contribution in [0.5, 0.6) is 0 Å². The van der Waals surface area contributed by atoms with Crippen molar-refractivity contribution in [2.75, 3.05) is 89.4 Å². The molecule has 5 heteroatoms. The quantitative estimate of drug-likeness (QED) is 0.779. The Hall–Kier alpha value is -0.200. The summed E-state index contributed by atoms with van der Waals surface area (Å²) in [6.07, 6.45) is 4.28. The van der Waals surface area contributed by atoms with Crippen molar-refractivity contribution in [1.82, 2.24) is 14.7 Å². The number of hydrogen-bond acceptors (Lipinski definition) is 5. The second-order valence-corrected chi connectivity index (χ2v) is 6.18. The molecular weight excluding hydrogens is 302 g/mol. The summed E-state index contributed by atoms with van der Waals surface area (Å²) in [7, 11) is 15.2. The van der Waals surface area contributed by atoms with Gasteiger partial charge in [-0.25, -0.2) is 0 Å². The number of nitrogens with zero attached hydrogens (tertiary/aromatic N) is 3. The molecule has 24 heavy (non-hydrogen) atoms. The third-order valence-electron chi connectivity index (χ3n) is 2.95. The molecule has 0 radical (unpaired) electrons. The molecule has 0 aromatic heterocycles. The van der Waals surface area contributed by atoms with Crippen molar-refractivity contribution in [3.05, 3.63) is 0 Å². The highest BCUT2D eigenvalue weighted by Crippen LogP contribution is 2.04. The molecule has 1 rings (SSSR count). The minimum atomic E-state index is 0.819. The van der Waals surface area contributed by atoms with E-state index in [2.05, 4.69) is 47.2 Å². The Bertz CT molecular complexity index is 167. The fourth-order valence-corrected chi connectivity index (χ4v) is 1.28. The molecule has 0 saturated carbocycles. The van der Waals surface area contributed by atoms with Gasteiger partial charge in [0.15, 0.2) is 0 Å². The smallest absolute Gasteiger partial charge is 0.0433 e. The van der Waals surface area contributed by atoms with Gasteiger partial charge in [-0.1, -0.05) is 20.3 Å². The molecule has 152 valence electrons. The molecule has 1 aliphatic rings. The van der Waals surface area contributed by atoms with Crippen molar-refractivity contribution in [2.45, 2.75) is 40.0 Å². The van der Waals surface area contributed by atoms with Gasteiger partial charge in [0.25, 0.3) is 0 Å². The molecule has 0 aromatic rings. The van der Waals surface area contributed by atoms with Gasteiger partial charge >= 0.3 is 0 Å². The minimum Gasteiger partial charge on any atom is -0.388 e. The molecule has 0 atom stereocenters. The van der Waals surface area contributed by atoms with Crippen LogP contribution in [-0.2, 0) is 9.47 Å². The summed E-state index contributed by atoms with van der Waals surface area (Å²) in [5.74, 6) is 0. The van der Waals surface area contributed by atoms with Crippen LogP contribution in [0.15, 0.2) is 0 Å². The molecule has 1 heterocycles. The number of piperidine rings is 1. The zero-order valence-corrected chi connectivity index (χ0v) is 18.8. The fourth-order valence-electron chi connectivity index (χ4n) is 1.28. The lowest BCUT2D eigenvalue weighted by Gasteiger charge is -2.20. The summed E-state index contributed by atoms with van der Waals surface area (Å²) in [6, 6.07) is 0. The van der Waals surface area contributed by atoms with Crippen molar-refractivity contribution in [1.29, 1.82) is 0 Å². The van der Waals surface area contributed by atoms with Gasteiger partial charge in [0, 0.05) is 27.9 Å². The standard InChI is InChI=1S/C6H13N.C5H13N.C3H9N.C3H8O.C2H6O/c1-7-5-3-2-4-6-7;1-4-6(3)5-2;1-4(2)3;1-3-4-2;1-3-2/h2-6H2,1H3;4-5H2,1-3H3;1-3H3;3H2,1-2H3;1-2H3. The van der Waals surface area contributed by atoms with Crippen molar-refractivity contribution < 1.29 is 9.47 Å². The average Bonchev–Trinajstić information content (AvgIpc) is 2.56. The lowest BCUT2D eigenvalue weighted by Crippen LogP contribution is -2.24. The van der Waals surface area contributed by atoms with Crippen molar-refractivity contribution in [3.63, 3.8) is 0 Å². The topological polar surface area (TPSA) is 28.2 Å². The fraction of sp³-hybridized carbons (Fsp3) is 1.00. The number of rotatable bonds is 3. The zero-order chi connectivity index (χ0) is 19.8. The average molecular weight is 352 g/mol. The number of hydrogen-bond donors (Lipinski definition) is 0. The first-order valence-electron chi connectivity index (χ1n) is 9.14. The Morgan fingerprint density at radius 1 is 0.792 bits per heavy atom. The highest BCUT2D eigenvalue weighted by Gasteiger charge is 2.02. The summed E-state index contributed by atoms with van der Waals surface area (Å²) >= 11 is 0. The third-order valence-corrected chi connectivity index (χ3v) is 2.95. The molecule has 0 unspecified atom stereocenters. The Kier molecular flexibility index (Phi) is 40.3. The second-order valence-electron chi connectivity index (χ2n) is 6.18. The molecule has 1 aliphatic heterocycles. The van der Waals surface area contributed by atoms with Crippen LogP contribution in [-0.4, -0.2) is 104 Å². The number of likely N-dealkylation sites (tertiary alicyclic amines) is 1. The van der Waals surface area contributed by atoms with E-state index < -0.39 is 0 Å². The predicted molar refractivity (Wildman–Crippen MR) is 110 cm³/mol. The number of methoxy groups -OCH3 is 2. The van der Waals surface area contributed by atoms with E-state index in [4.69, 9.17) is 0 Å². The van der Waals surface area contributed by atoms with E-state index in [1.54, 1.807) is 21.3 Å². The van der Waals surface area contributed by atoms with Crippen LogP contribution >= 0.6 is 0 Å². The second kappa shape index (κ2) is 30.7. The Morgan fingerprint density at radius 2 is 1.08 bits per heavy atom. The maximum atomic E-state index is 4.54. The maximum Gasteiger partial charge on any atom is 0.0433 e. The number of ether oxygens (including phenoxy) is 2. The van der Waals surface area contributed by atoms with Crippen molar-refractivity contribution >= 4 is 0 Å². The van der Waals surface area contributed by atoms with Crippen LogP contribution in [0.25, 0.3) is 0 Å². The van der Waals surface area contributed by atoms with E-state index in [0.29, 0.717) is 0 Å². The van der Waals surface area contributed by atoms with Crippen molar-refractivity contribution in [3.8, 4) is 0 Å². The Morgan fingerprint density at radius 3 is 1.17 bits per heavy atom. The lowest BCUT2D eigenvalue weighted by atomic mass is 10.1. The molecule has 1 fully saturated rings. The molecule has 0 spiro atoms. The molecule has 0 bridgehead atoms. The molecule has 5 nitrogen and oxygen atoms in total. The Balaban J connectivity index is -0.000000108. The zero-order valence-electron chi connectivity index (χ0n) is 18.8.